The van der Waals surface area contributed by atoms with Gasteiger partial charge in [-0.1, -0.05) is 25.0 Å². The summed E-state index contributed by atoms with van der Waals surface area (Å²) in [7, 11) is -4.32. The molecule has 0 spiro atoms. The quantitative estimate of drug-likeness (QED) is 0.171. The summed E-state index contributed by atoms with van der Waals surface area (Å²) >= 11 is 0. The van der Waals surface area contributed by atoms with Gasteiger partial charge in [-0.05, 0) is 26.2 Å². The monoisotopic (exact) mass is 405 g/mol. The Kier molecular flexibility index (Phi) is 10.3. The maximum atomic E-state index is 12.6. The van der Waals surface area contributed by atoms with Gasteiger partial charge in [0.15, 0.2) is 0 Å². The molecule has 2 unspecified atom stereocenters. The van der Waals surface area contributed by atoms with Crippen molar-refractivity contribution in [1.82, 2.24) is 0 Å². The molecule has 0 fully saturated rings. The number of quaternary nitrogens is 1. The number of hydrogen-bond acceptors (Lipinski definition) is 6. The van der Waals surface area contributed by atoms with E-state index in [2.05, 4.69) is 11.1 Å². The van der Waals surface area contributed by atoms with Crippen LogP contribution in [0.4, 0.5) is 0 Å². The average molecular weight is 406 g/mol. The van der Waals surface area contributed by atoms with Gasteiger partial charge in [-0.3, -0.25) is 13.8 Å². The second-order valence-electron chi connectivity index (χ2n) is 7.05. The lowest BCUT2D eigenvalue weighted by Gasteiger charge is -2.34. The van der Waals surface area contributed by atoms with Crippen LogP contribution in [0.2, 0.25) is 0 Å². The van der Waals surface area contributed by atoms with E-state index in [1.807, 2.05) is 13.0 Å². The van der Waals surface area contributed by atoms with Crippen LogP contribution in [0, 0.1) is 0 Å². The molecule has 156 valence electrons. The number of allylic oxidation sites excluding steroid dienone is 2. The Labute approximate surface area is 161 Å². The van der Waals surface area contributed by atoms with Crippen molar-refractivity contribution in [3.63, 3.8) is 0 Å². The number of aliphatic imine (C=N–C) groups is 1. The molecule has 1 aliphatic heterocycles. The molecule has 0 aromatic heterocycles. The summed E-state index contributed by atoms with van der Waals surface area (Å²) in [5.74, 6) is -0.618. The van der Waals surface area contributed by atoms with E-state index >= 15 is 0 Å². The average Bonchev–Trinajstić information content (AvgIpc) is 2.95. The molecule has 2 atom stereocenters. The van der Waals surface area contributed by atoms with Crippen LogP contribution in [-0.4, -0.2) is 83.9 Å². The molecular weight excluding hydrogens is 372 g/mol. The van der Waals surface area contributed by atoms with Crippen LogP contribution in [0.5, 0.6) is 0 Å². The van der Waals surface area contributed by atoms with Gasteiger partial charge in [0.2, 0.25) is 5.78 Å². The van der Waals surface area contributed by atoms with E-state index in [-0.39, 0.29) is 30.0 Å². The fourth-order valence-corrected chi connectivity index (χ4v) is 4.10. The van der Waals surface area contributed by atoms with Gasteiger partial charge in [0.1, 0.15) is 31.5 Å². The number of carbonyl (C=O) groups excluding carboxylic acids is 1. The van der Waals surface area contributed by atoms with Gasteiger partial charge in [-0.15, -0.1) is 0 Å². The van der Waals surface area contributed by atoms with Gasteiger partial charge >= 0.3 is 0 Å². The Morgan fingerprint density at radius 2 is 2.00 bits per heavy atom. The van der Waals surface area contributed by atoms with E-state index in [0.717, 1.165) is 32.1 Å². The first-order valence-corrected chi connectivity index (χ1v) is 11.1. The minimum absolute atomic E-state index is 0.0344. The Hall–Kier alpha value is -1.13. The van der Waals surface area contributed by atoms with E-state index in [9.17, 15) is 23.4 Å². The van der Waals surface area contributed by atoms with Gasteiger partial charge in [-0.25, -0.2) is 4.99 Å². The zero-order chi connectivity index (χ0) is 20.3. The summed E-state index contributed by atoms with van der Waals surface area (Å²) in [5, 5.41) is 19.5. The largest absolute Gasteiger partial charge is 0.390 e. The molecule has 27 heavy (non-hydrogen) atoms. The van der Waals surface area contributed by atoms with Crippen LogP contribution in [0.1, 0.15) is 45.4 Å². The third-order valence-electron chi connectivity index (χ3n) is 4.74. The Bertz CT molecular complexity index is 632. The number of rotatable bonds is 14. The number of amidine groups is 1. The number of unbranched alkanes of at least 4 members (excludes halogenated alkanes) is 4. The first-order valence-electron chi connectivity index (χ1n) is 9.53. The molecule has 3 N–H and O–H groups in total. The number of ketones is 1. The Balaban J connectivity index is 2.63. The minimum Gasteiger partial charge on any atom is -0.390 e. The third kappa shape index (κ3) is 8.61. The van der Waals surface area contributed by atoms with Crippen molar-refractivity contribution in [3.05, 3.63) is 12.2 Å². The molecule has 0 aliphatic carbocycles. The molecule has 0 saturated carbocycles. The summed E-state index contributed by atoms with van der Waals surface area (Å²) in [4.78, 5) is 16.9. The first-order chi connectivity index (χ1) is 12.7. The highest BCUT2D eigenvalue weighted by molar-refractivity contribution is 7.85. The van der Waals surface area contributed by atoms with Crippen LogP contribution in [-0.2, 0) is 14.9 Å². The normalized spacial score (nSPS) is 21.6. The van der Waals surface area contributed by atoms with E-state index in [1.54, 1.807) is 0 Å². The van der Waals surface area contributed by atoms with Crippen LogP contribution < -0.4 is 0 Å². The lowest BCUT2D eigenvalue weighted by molar-refractivity contribution is -0.837. The van der Waals surface area contributed by atoms with Crippen LogP contribution in [0.3, 0.4) is 0 Å². The predicted octanol–water partition coefficient (Wildman–Crippen LogP) is 0.942. The molecule has 0 amide bonds. The van der Waals surface area contributed by atoms with Crippen molar-refractivity contribution in [2.45, 2.75) is 51.6 Å². The summed E-state index contributed by atoms with van der Waals surface area (Å²) in [6, 6.07) is 0. The second kappa shape index (κ2) is 11.7. The van der Waals surface area contributed by atoms with Crippen molar-refractivity contribution in [1.29, 1.82) is 0 Å². The number of carbonyl (C=O) groups is 1. The molecule has 0 aromatic carbocycles. The number of hydrogen-bond donors (Lipinski definition) is 3. The molecule has 1 heterocycles. The van der Waals surface area contributed by atoms with Crippen LogP contribution >= 0.6 is 0 Å². The lowest BCUT2D eigenvalue weighted by atomic mass is 10.1. The maximum Gasteiger partial charge on any atom is 0.267 e. The fraction of sp³-hybridized carbons (Fsp3) is 0.778. The van der Waals surface area contributed by atoms with Crippen LogP contribution in [0.25, 0.3) is 0 Å². The highest BCUT2D eigenvalue weighted by atomic mass is 32.2. The molecule has 0 radical (unpaired) electrons. The molecule has 8 nitrogen and oxygen atoms in total. The second-order valence-corrected chi connectivity index (χ2v) is 8.55. The van der Waals surface area contributed by atoms with Crippen molar-refractivity contribution in [2.24, 2.45) is 4.99 Å². The summed E-state index contributed by atoms with van der Waals surface area (Å²) < 4.78 is 30.9. The number of aliphatic hydroxyl groups excluding tert-OH is 2. The minimum atomic E-state index is -4.32. The van der Waals surface area contributed by atoms with Gasteiger partial charge in [0, 0.05) is 6.42 Å². The highest BCUT2D eigenvalue weighted by Crippen LogP contribution is 2.20. The SMILES string of the molecule is C/C=C/CCCCCCC(=O)C1=NCC[N+]1(CCO)CC(O)CS(=O)(=O)O. The van der Waals surface area contributed by atoms with E-state index in [4.69, 9.17) is 4.55 Å². The lowest BCUT2D eigenvalue weighted by Crippen LogP contribution is -2.59. The zero-order valence-electron chi connectivity index (χ0n) is 16.1. The standard InChI is InChI=1S/C18H32N2O6S/c1-2-3-4-5-6-7-8-9-17(23)18-19-10-11-20(18,12-13-21)14-16(22)15-27(24,25)26/h2-3,16,21-22H,4-15H2,1H3/p+1/b3-2+. The van der Waals surface area contributed by atoms with Gasteiger partial charge in [0.25, 0.3) is 16.0 Å². The molecule has 1 aliphatic rings. The van der Waals surface area contributed by atoms with Crippen LogP contribution in [0.15, 0.2) is 17.1 Å². The fourth-order valence-electron chi connectivity index (χ4n) is 3.51. The molecule has 0 aromatic rings. The van der Waals surface area contributed by atoms with Gasteiger partial charge in [0.05, 0.1) is 13.2 Å². The van der Waals surface area contributed by atoms with E-state index in [0.29, 0.717) is 25.3 Å². The summed E-state index contributed by atoms with van der Waals surface area (Å²) in [6.07, 6.45) is 8.03. The topological polar surface area (TPSA) is 124 Å². The van der Waals surface area contributed by atoms with Crippen molar-refractivity contribution >= 4 is 21.7 Å². The molecule has 9 heteroatoms. The Morgan fingerprint density at radius 1 is 1.30 bits per heavy atom. The smallest absolute Gasteiger partial charge is 0.267 e. The zero-order valence-corrected chi connectivity index (χ0v) is 16.9. The Morgan fingerprint density at radius 3 is 2.63 bits per heavy atom. The highest BCUT2D eigenvalue weighted by Gasteiger charge is 2.43. The maximum absolute atomic E-state index is 12.6. The predicted molar refractivity (Wildman–Crippen MR) is 104 cm³/mol. The van der Waals surface area contributed by atoms with Crippen molar-refractivity contribution < 1.29 is 32.5 Å². The number of Topliss-reactive ketones (excluding diaryl/α,β-unsaturated/α-hetero) is 1. The summed E-state index contributed by atoms with van der Waals surface area (Å²) in [6.45, 7) is 2.70. The third-order valence-corrected chi connectivity index (χ3v) is 5.55. The number of aliphatic hydroxyl groups is 2. The molecule has 1 rings (SSSR count). The van der Waals surface area contributed by atoms with Crippen molar-refractivity contribution in [3.8, 4) is 0 Å². The van der Waals surface area contributed by atoms with Crippen molar-refractivity contribution in [2.75, 3.05) is 38.5 Å². The van der Waals surface area contributed by atoms with Gasteiger partial charge in [-0.2, -0.15) is 8.42 Å². The van der Waals surface area contributed by atoms with E-state index < -0.39 is 22.0 Å². The number of nitrogens with zero attached hydrogens (tertiary/aromatic N) is 2. The molecule has 0 saturated heterocycles. The van der Waals surface area contributed by atoms with E-state index in [1.165, 1.54) is 0 Å². The van der Waals surface area contributed by atoms with Gasteiger partial charge < -0.3 is 10.2 Å². The summed E-state index contributed by atoms with van der Waals surface area (Å²) in [5.41, 5.74) is 0. The first kappa shape index (κ1) is 23.9. The molecule has 0 bridgehead atoms. The molecular formula is C18H33N2O6S+.